The number of carbonyl (C=O) groups excluding carboxylic acids is 1. The second-order valence-electron chi connectivity index (χ2n) is 7.22. The average Bonchev–Trinajstić information content (AvgIpc) is 3.38. The second-order valence-corrected chi connectivity index (χ2v) is 7.22. The first-order valence-corrected chi connectivity index (χ1v) is 9.94. The Balaban J connectivity index is 1.40. The van der Waals surface area contributed by atoms with Crippen LogP contribution in [0.4, 0.5) is 0 Å². The van der Waals surface area contributed by atoms with E-state index in [1.807, 2.05) is 9.58 Å². The molecule has 4 rings (SSSR count). The molecule has 0 aliphatic carbocycles. The van der Waals surface area contributed by atoms with Crippen LogP contribution in [0.2, 0.25) is 0 Å². The molecule has 0 saturated carbocycles. The van der Waals surface area contributed by atoms with Gasteiger partial charge in [0.05, 0.1) is 35.5 Å². The maximum Gasteiger partial charge on any atom is 0.326 e. The third kappa shape index (κ3) is 4.28. The molecule has 0 unspecified atom stereocenters. The van der Waals surface area contributed by atoms with Crippen LogP contribution in [-0.2, 0) is 4.79 Å². The van der Waals surface area contributed by atoms with Gasteiger partial charge in [0.2, 0.25) is 11.8 Å². The van der Waals surface area contributed by atoms with Crippen molar-refractivity contribution in [2.75, 3.05) is 13.1 Å². The standard InChI is InChI=1S/C20H24N6O3/c1-2-3-4-5-18(27)25-9-7-14(12-25)26-13-15(10-22-26)29-20-23-17-11-21-8-6-16(17)19(28)24-20/h6,8,10-11,13-14H,2-5,7,9,12H2,1H3,(H,23,24,28)/t14-/m0/s1. The van der Waals surface area contributed by atoms with Crippen LogP contribution >= 0.6 is 0 Å². The number of amides is 1. The Labute approximate surface area is 168 Å². The maximum absolute atomic E-state index is 12.3. The molecule has 0 bridgehead atoms. The fraction of sp³-hybridized carbons (Fsp3) is 0.450. The molecule has 29 heavy (non-hydrogen) atoms. The number of likely N-dealkylation sites (tertiary alicyclic amines) is 1. The summed E-state index contributed by atoms with van der Waals surface area (Å²) in [7, 11) is 0. The van der Waals surface area contributed by atoms with Crippen LogP contribution in [0.1, 0.15) is 45.1 Å². The van der Waals surface area contributed by atoms with Gasteiger partial charge in [-0.1, -0.05) is 19.8 Å². The lowest BCUT2D eigenvalue weighted by molar-refractivity contribution is -0.130. The van der Waals surface area contributed by atoms with Crippen molar-refractivity contribution in [3.8, 4) is 17.6 Å². The number of rotatable bonds is 7. The van der Waals surface area contributed by atoms with Crippen LogP contribution in [-0.4, -0.2) is 53.7 Å². The van der Waals surface area contributed by atoms with E-state index in [1.165, 1.54) is 6.20 Å². The summed E-state index contributed by atoms with van der Waals surface area (Å²) in [6, 6.07) is 1.79. The predicted octanol–water partition coefficient (Wildman–Crippen LogP) is 3.07. The van der Waals surface area contributed by atoms with E-state index in [0.29, 0.717) is 29.6 Å². The van der Waals surface area contributed by atoms with Crippen molar-refractivity contribution in [3.05, 3.63) is 30.9 Å². The molecule has 3 aromatic rings. The Morgan fingerprint density at radius 3 is 3.07 bits per heavy atom. The highest BCUT2D eigenvalue weighted by molar-refractivity contribution is 5.82. The smallest absolute Gasteiger partial charge is 0.326 e. The monoisotopic (exact) mass is 396 g/mol. The van der Waals surface area contributed by atoms with E-state index >= 15 is 0 Å². The number of nitrogens with zero attached hydrogens (tertiary/aromatic N) is 6. The van der Waals surface area contributed by atoms with Crippen molar-refractivity contribution in [2.45, 2.75) is 45.1 Å². The molecule has 0 radical (unpaired) electrons. The number of fused-ring (bicyclic) bond motifs is 1. The van der Waals surface area contributed by atoms with Crippen LogP contribution in [0.25, 0.3) is 10.9 Å². The van der Waals surface area contributed by atoms with Gasteiger partial charge < -0.3 is 14.7 Å². The molecule has 1 fully saturated rings. The lowest BCUT2D eigenvalue weighted by Crippen LogP contribution is -2.28. The first kappa shape index (κ1) is 19.1. The summed E-state index contributed by atoms with van der Waals surface area (Å²) >= 11 is 0. The molecule has 1 atom stereocenters. The third-order valence-electron chi connectivity index (χ3n) is 5.13. The van der Waals surface area contributed by atoms with Crippen LogP contribution in [0.3, 0.4) is 0 Å². The van der Waals surface area contributed by atoms with Gasteiger partial charge in [-0.25, -0.2) is 0 Å². The molecule has 4 heterocycles. The van der Waals surface area contributed by atoms with Crippen LogP contribution < -0.4 is 4.74 Å². The fourth-order valence-corrected chi connectivity index (χ4v) is 3.54. The molecule has 9 nitrogen and oxygen atoms in total. The van der Waals surface area contributed by atoms with Gasteiger partial charge in [0.25, 0.3) is 0 Å². The van der Waals surface area contributed by atoms with Gasteiger partial charge in [0.1, 0.15) is 0 Å². The Hall–Kier alpha value is -3.23. The van der Waals surface area contributed by atoms with Crippen LogP contribution in [0, 0.1) is 0 Å². The van der Waals surface area contributed by atoms with Gasteiger partial charge in [-0.3, -0.25) is 14.5 Å². The van der Waals surface area contributed by atoms with Crippen molar-refractivity contribution >= 4 is 16.8 Å². The van der Waals surface area contributed by atoms with Gasteiger partial charge in [-0.2, -0.15) is 15.1 Å². The van der Waals surface area contributed by atoms with E-state index in [9.17, 15) is 9.90 Å². The van der Waals surface area contributed by atoms with Crippen molar-refractivity contribution < 1.29 is 14.6 Å². The summed E-state index contributed by atoms with van der Waals surface area (Å²) in [5.74, 6) is 0.534. The Bertz CT molecular complexity index is 1000. The molecule has 3 aromatic heterocycles. The minimum atomic E-state index is -0.159. The number of carbonyl (C=O) groups is 1. The van der Waals surface area contributed by atoms with Crippen molar-refractivity contribution in [3.63, 3.8) is 0 Å². The van der Waals surface area contributed by atoms with Crippen LogP contribution in [0.5, 0.6) is 17.6 Å². The molecule has 152 valence electrons. The summed E-state index contributed by atoms with van der Waals surface area (Å²) in [6.45, 7) is 3.54. The van der Waals surface area contributed by atoms with E-state index in [2.05, 4.69) is 27.0 Å². The minimum Gasteiger partial charge on any atom is -0.493 e. The maximum atomic E-state index is 12.3. The topological polar surface area (TPSA) is 106 Å². The van der Waals surface area contributed by atoms with E-state index in [0.717, 1.165) is 32.2 Å². The molecular weight excluding hydrogens is 372 g/mol. The highest BCUT2D eigenvalue weighted by Crippen LogP contribution is 2.27. The number of unbranched alkanes of at least 4 members (excludes halogenated alkanes) is 2. The van der Waals surface area contributed by atoms with Gasteiger partial charge in [-0.05, 0) is 18.9 Å². The third-order valence-corrected chi connectivity index (χ3v) is 5.13. The zero-order chi connectivity index (χ0) is 20.2. The summed E-state index contributed by atoms with van der Waals surface area (Å²) in [5.41, 5.74) is 0.496. The molecule has 1 aliphatic rings. The van der Waals surface area contributed by atoms with Gasteiger partial charge in [0.15, 0.2) is 5.75 Å². The molecule has 0 aromatic carbocycles. The van der Waals surface area contributed by atoms with Crippen molar-refractivity contribution in [1.82, 2.24) is 29.6 Å². The number of hydrogen-bond acceptors (Lipinski definition) is 7. The molecular formula is C20H24N6O3. The van der Waals surface area contributed by atoms with E-state index in [1.54, 1.807) is 24.7 Å². The highest BCUT2D eigenvalue weighted by Gasteiger charge is 2.27. The number of aromatic hydroxyl groups is 1. The number of aromatic nitrogens is 5. The quantitative estimate of drug-likeness (QED) is 0.612. The Kier molecular flexibility index (Phi) is 5.55. The lowest BCUT2D eigenvalue weighted by atomic mass is 10.2. The largest absolute Gasteiger partial charge is 0.493 e. The molecule has 1 aliphatic heterocycles. The number of pyridine rings is 1. The molecule has 0 spiro atoms. The zero-order valence-electron chi connectivity index (χ0n) is 16.4. The highest BCUT2D eigenvalue weighted by atomic mass is 16.5. The van der Waals surface area contributed by atoms with Crippen LogP contribution in [0.15, 0.2) is 30.9 Å². The Morgan fingerprint density at radius 1 is 1.31 bits per heavy atom. The second kappa shape index (κ2) is 8.42. The zero-order valence-corrected chi connectivity index (χ0v) is 16.4. The Morgan fingerprint density at radius 2 is 2.21 bits per heavy atom. The normalized spacial score (nSPS) is 16.4. The van der Waals surface area contributed by atoms with Gasteiger partial charge >= 0.3 is 6.01 Å². The lowest BCUT2D eigenvalue weighted by Gasteiger charge is -2.16. The van der Waals surface area contributed by atoms with E-state index in [4.69, 9.17) is 4.74 Å². The first-order chi connectivity index (χ1) is 14.1. The SMILES string of the molecule is CCCCCC(=O)N1CC[C@H](n2cc(Oc3nc(O)c4ccncc4n3)cn2)C1. The summed E-state index contributed by atoms with van der Waals surface area (Å²) in [5, 5.41) is 14.9. The summed E-state index contributed by atoms with van der Waals surface area (Å²) < 4.78 is 7.49. The summed E-state index contributed by atoms with van der Waals surface area (Å²) in [6.07, 6.45) is 11.1. The fourth-order valence-electron chi connectivity index (χ4n) is 3.54. The molecule has 9 heteroatoms. The molecule has 1 saturated heterocycles. The van der Waals surface area contributed by atoms with Gasteiger partial charge in [-0.15, -0.1) is 0 Å². The number of hydrogen-bond donors (Lipinski definition) is 1. The average molecular weight is 396 g/mol. The first-order valence-electron chi connectivity index (χ1n) is 9.94. The minimum absolute atomic E-state index is 0.0294. The molecule has 1 amide bonds. The van der Waals surface area contributed by atoms with E-state index < -0.39 is 0 Å². The van der Waals surface area contributed by atoms with E-state index in [-0.39, 0.29) is 23.8 Å². The summed E-state index contributed by atoms with van der Waals surface area (Å²) in [4.78, 5) is 26.5. The van der Waals surface area contributed by atoms with Gasteiger partial charge in [0, 0.05) is 25.7 Å². The van der Waals surface area contributed by atoms with Crippen molar-refractivity contribution in [2.24, 2.45) is 0 Å². The predicted molar refractivity (Wildman–Crippen MR) is 106 cm³/mol. The number of ether oxygens (including phenoxy) is 1. The van der Waals surface area contributed by atoms with Crippen molar-refractivity contribution in [1.29, 1.82) is 0 Å². The molecule has 1 N–H and O–H groups in total.